The van der Waals surface area contributed by atoms with Gasteiger partial charge in [0, 0.05) is 30.6 Å². The second kappa shape index (κ2) is 8.14. The van der Waals surface area contributed by atoms with Gasteiger partial charge in [-0.15, -0.1) is 0 Å². The lowest BCUT2D eigenvalue weighted by Gasteiger charge is -2.10. The molecule has 0 unspecified atom stereocenters. The van der Waals surface area contributed by atoms with Crippen LogP contribution in [0.4, 0.5) is 11.4 Å². The summed E-state index contributed by atoms with van der Waals surface area (Å²) in [5.74, 6) is -0.525. The van der Waals surface area contributed by atoms with Crippen LogP contribution >= 0.6 is 0 Å². The van der Waals surface area contributed by atoms with Gasteiger partial charge < -0.3 is 15.2 Å². The Kier molecular flexibility index (Phi) is 5.47. The maximum Gasteiger partial charge on any atom is 0.257 e. The van der Waals surface area contributed by atoms with E-state index in [0.717, 1.165) is 5.56 Å². The minimum atomic E-state index is -0.336. The standard InChI is InChI=1S/C21H19N3O3/c1-15(25)22-18-8-5-9-19(12-18)23-21(27)17-10-11-20(26)24(14-17)13-16-6-3-2-4-7-16/h2-12,14H,13H2,1H3,(H,22,25)(H,23,27). The molecule has 6 nitrogen and oxygen atoms in total. The lowest BCUT2D eigenvalue weighted by molar-refractivity contribution is -0.114. The highest BCUT2D eigenvalue weighted by atomic mass is 16.2. The Bertz CT molecular complexity index is 1030. The number of hydrogen-bond donors (Lipinski definition) is 2. The number of carbonyl (C=O) groups is 2. The van der Waals surface area contributed by atoms with E-state index in [1.54, 1.807) is 30.5 Å². The van der Waals surface area contributed by atoms with Gasteiger partial charge >= 0.3 is 0 Å². The van der Waals surface area contributed by atoms with Crippen molar-refractivity contribution in [2.45, 2.75) is 13.5 Å². The number of pyridine rings is 1. The van der Waals surface area contributed by atoms with Crippen molar-refractivity contribution < 1.29 is 9.59 Å². The van der Waals surface area contributed by atoms with Crippen molar-refractivity contribution in [3.8, 4) is 0 Å². The fourth-order valence-electron chi connectivity index (χ4n) is 2.65. The number of rotatable bonds is 5. The number of nitrogens with zero attached hydrogens (tertiary/aromatic N) is 1. The molecule has 0 spiro atoms. The van der Waals surface area contributed by atoms with Gasteiger partial charge in [-0.1, -0.05) is 36.4 Å². The molecule has 0 saturated heterocycles. The fraction of sp³-hybridized carbons (Fsp3) is 0.0952. The summed E-state index contributed by atoms with van der Waals surface area (Å²) in [6, 6.07) is 19.3. The van der Waals surface area contributed by atoms with E-state index in [9.17, 15) is 14.4 Å². The topological polar surface area (TPSA) is 80.2 Å². The van der Waals surface area contributed by atoms with E-state index >= 15 is 0 Å². The third kappa shape index (κ3) is 4.92. The second-order valence-corrected chi connectivity index (χ2v) is 6.09. The van der Waals surface area contributed by atoms with Crippen molar-refractivity contribution in [2.24, 2.45) is 0 Å². The molecule has 0 aliphatic heterocycles. The number of nitrogens with one attached hydrogen (secondary N) is 2. The van der Waals surface area contributed by atoms with E-state index in [1.807, 2.05) is 30.3 Å². The quantitative estimate of drug-likeness (QED) is 0.733. The lowest BCUT2D eigenvalue weighted by atomic mass is 10.2. The minimum Gasteiger partial charge on any atom is -0.326 e. The molecule has 136 valence electrons. The Balaban J connectivity index is 1.78. The summed E-state index contributed by atoms with van der Waals surface area (Å²) in [6.45, 7) is 1.81. The van der Waals surface area contributed by atoms with Gasteiger partial charge in [0.15, 0.2) is 0 Å². The van der Waals surface area contributed by atoms with Crippen molar-refractivity contribution in [3.05, 3.63) is 94.4 Å². The SMILES string of the molecule is CC(=O)Nc1cccc(NC(=O)c2ccc(=O)n(Cc3ccccc3)c2)c1. The lowest BCUT2D eigenvalue weighted by Crippen LogP contribution is -2.22. The average Bonchev–Trinajstić information content (AvgIpc) is 2.64. The van der Waals surface area contributed by atoms with Crippen LogP contribution in [-0.2, 0) is 11.3 Å². The predicted octanol–water partition coefficient (Wildman–Crippen LogP) is 3.11. The van der Waals surface area contributed by atoms with Gasteiger partial charge in [-0.05, 0) is 29.8 Å². The maximum atomic E-state index is 12.5. The van der Waals surface area contributed by atoms with Crippen LogP contribution in [0.2, 0.25) is 0 Å². The van der Waals surface area contributed by atoms with Crippen molar-refractivity contribution in [3.63, 3.8) is 0 Å². The zero-order valence-electron chi connectivity index (χ0n) is 14.8. The molecule has 0 aliphatic carbocycles. The molecule has 0 fully saturated rings. The van der Waals surface area contributed by atoms with Crippen LogP contribution in [0.5, 0.6) is 0 Å². The highest BCUT2D eigenvalue weighted by Crippen LogP contribution is 2.16. The van der Waals surface area contributed by atoms with E-state index in [4.69, 9.17) is 0 Å². The molecule has 1 aromatic heterocycles. The molecule has 0 radical (unpaired) electrons. The normalized spacial score (nSPS) is 10.3. The summed E-state index contributed by atoms with van der Waals surface area (Å²) >= 11 is 0. The van der Waals surface area contributed by atoms with Crippen LogP contribution in [0, 0.1) is 0 Å². The van der Waals surface area contributed by atoms with Crippen LogP contribution in [-0.4, -0.2) is 16.4 Å². The first-order valence-electron chi connectivity index (χ1n) is 8.45. The third-order valence-corrected chi connectivity index (χ3v) is 3.88. The van der Waals surface area contributed by atoms with Crippen LogP contribution in [0.3, 0.4) is 0 Å². The zero-order valence-corrected chi connectivity index (χ0v) is 14.8. The maximum absolute atomic E-state index is 12.5. The number of carbonyl (C=O) groups excluding carboxylic acids is 2. The summed E-state index contributed by atoms with van der Waals surface area (Å²) in [5.41, 5.74) is 2.31. The highest BCUT2D eigenvalue weighted by molar-refractivity contribution is 6.04. The molecule has 0 atom stereocenters. The molecule has 1 heterocycles. The van der Waals surface area contributed by atoms with Gasteiger partial charge in [-0.3, -0.25) is 14.4 Å². The number of aromatic nitrogens is 1. The molecule has 0 bridgehead atoms. The molecular formula is C21H19N3O3. The van der Waals surface area contributed by atoms with Crippen LogP contribution in [0.1, 0.15) is 22.8 Å². The van der Waals surface area contributed by atoms with Gasteiger partial charge in [0.25, 0.3) is 11.5 Å². The Morgan fingerprint density at radius 1 is 0.889 bits per heavy atom. The molecular weight excluding hydrogens is 342 g/mol. The molecule has 3 rings (SSSR count). The van der Waals surface area contributed by atoms with E-state index in [2.05, 4.69) is 10.6 Å². The Morgan fingerprint density at radius 2 is 1.59 bits per heavy atom. The van der Waals surface area contributed by atoms with Gasteiger partial charge in [-0.25, -0.2) is 0 Å². The summed E-state index contributed by atoms with van der Waals surface area (Å²) < 4.78 is 1.50. The fourth-order valence-corrected chi connectivity index (χ4v) is 2.65. The van der Waals surface area contributed by atoms with Crippen molar-refractivity contribution in [1.82, 2.24) is 4.57 Å². The minimum absolute atomic E-state index is 0.178. The molecule has 27 heavy (non-hydrogen) atoms. The largest absolute Gasteiger partial charge is 0.326 e. The molecule has 2 N–H and O–H groups in total. The van der Waals surface area contributed by atoms with E-state index in [-0.39, 0.29) is 17.4 Å². The number of hydrogen-bond acceptors (Lipinski definition) is 3. The van der Waals surface area contributed by atoms with E-state index in [1.165, 1.54) is 23.6 Å². The Labute approximate surface area is 156 Å². The molecule has 6 heteroatoms. The van der Waals surface area contributed by atoms with E-state index in [0.29, 0.717) is 23.5 Å². The van der Waals surface area contributed by atoms with Crippen LogP contribution in [0.25, 0.3) is 0 Å². The molecule has 2 amide bonds. The van der Waals surface area contributed by atoms with Gasteiger partial charge in [0.2, 0.25) is 5.91 Å². The summed E-state index contributed by atoms with van der Waals surface area (Å²) in [6.07, 6.45) is 1.54. The predicted molar refractivity (Wildman–Crippen MR) is 105 cm³/mol. The van der Waals surface area contributed by atoms with Crippen molar-refractivity contribution in [2.75, 3.05) is 10.6 Å². The van der Waals surface area contributed by atoms with Crippen LogP contribution < -0.4 is 16.2 Å². The highest BCUT2D eigenvalue weighted by Gasteiger charge is 2.09. The summed E-state index contributed by atoms with van der Waals surface area (Å²) in [4.78, 5) is 35.8. The number of benzene rings is 2. The van der Waals surface area contributed by atoms with Crippen molar-refractivity contribution >= 4 is 23.2 Å². The Hall–Kier alpha value is -3.67. The monoisotopic (exact) mass is 361 g/mol. The summed E-state index contributed by atoms with van der Waals surface area (Å²) in [7, 11) is 0. The zero-order chi connectivity index (χ0) is 19.2. The third-order valence-electron chi connectivity index (χ3n) is 3.88. The van der Waals surface area contributed by atoms with E-state index < -0.39 is 0 Å². The average molecular weight is 361 g/mol. The second-order valence-electron chi connectivity index (χ2n) is 6.09. The van der Waals surface area contributed by atoms with Gasteiger partial charge in [0.05, 0.1) is 12.1 Å². The first kappa shape index (κ1) is 18.1. The van der Waals surface area contributed by atoms with Crippen molar-refractivity contribution in [1.29, 1.82) is 0 Å². The molecule has 0 saturated carbocycles. The summed E-state index contributed by atoms with van der Waals surface area (Å²) in [5, 5.41) is 5.44. The number of anilines is 2. The first-order chi connectivity index (χ1) is 13.0. The molecule has 3 aromatic rings. The molecule has 0 aliphatic rings. The van der Waals surface area contributed by atoms with Gasteiger partial charge in [-0.2, -0.15) is 0 Å². The molecule has 2 aromatic carbocycles. The Morgan fingerprint density at radius 3 is 2.30 bits per heavy atom. The van der Waals surface area contributed by atoms with Crippen LogP contribution in [0.15, 0.2) is 77.7 Å². The first-order valence-corrected chi connectivity index (χ1v) is 8.45. The van der Waals surface area contributed by atoms with Gasteiger partial charge in [0.1, 0.15) is 0 Å². The smallest absolute Gasteiger partial charge is 0.257 e. The number of amides is 2.